The van der Waals surface area contributed by atoms with E-state index in [0.29, 0.717) is 24.1 Å². The number of amides is 1. The quantitative estimate of drug-likeness (QED) is 0.784. The summed E-state index contributed by atoms with van der Waals surface area (Å²) in [5.74, 6) is -1.47. The lowest BCUT2D eigenvalue weighted by molar-refractivity contribution is -0.138. The summed E-state index contributed by atoms with van der Waals surface area (Å²) in [4.78, 5) is 24.0. The van der Waals surface area contributed by atoms with Crippen molar-refractivity contribution >= 4 is 44.8 Å². The molecule has 1 amide bonds. The molecule has 2 N–H and O–H groups in total. The fourth-order valence-electron chi connectivity index (χ4n) is 1.94. The lowest BCUT2D eigenvalue weighted by atomic mass is 10.0. The van der Waals surface area contributed by atoms with Gasteiger partial charge in [0.05, 0.1) is 5.92 Å². The Morgan fingerprint density at radius 3 is 2.55 bits per heavy atom. The third kappa shape index (κ3) is 4.68. The third-order valence-electron chi connectivity index (χ3n) is 3.29. The maximum absolute atomic E-state index is 11.9. The average molecular weight is 382 g/mol. The van der Waals surface area contributed by atoms with E-state index in [1.807, 2.05) is 11.4 Å². The lowest BCUT2D eigenvalue weighted by Crippen LogP contribution is -2.12. The van der Waals surface area contributed by atoms with Crippen LogP contribution in [0, 0.1) is 0 Å². The molecular weight excluding hydrogens is 366 g/mol. The molecule has 0 fully saturated rings. The molecule has 1 unspecified atom stereocenters. The number of hydrogen-bond donors (Lipinski definition) is 2. The topological polar surface area (TPSA) is 66.4 Å². The van der Waals surface area contributed by atoms with E-state index in [0.717, 1.165) is 9.35 Å². The normalized spacial score (nSPS) is 11.9. The molecule has 1 aromatic heterocycles. The highest BCUT2D eigenvalue weighted by Gasteiger charge is 2.13. The van der Waals surface area contributed by atoms with Crippen molar-refractivity contribution in [2.24, 2.45) is 0 Å². The molecule has 0 spiro atoms. The van der Waals surface area contributed by atoms with Gasteiger partial charge in [-0.2, -0.15) is 0 Å². The molecule has 1 heterocycles. The Morgan fingerprint density at radius 2 is 2.00 bits per heavy atom. The monoisotopic (exact) mass is 381 g/mol. The van der Waals surface area contributed by atoms with Crippen LogP contribution in [0.15, 0.2) is 40.2 Å². The largest absolute Gasteiger partial charge is 0.481 e. The number of thiophene rings is 1. The van der Waals surface area contributed by atoms with Gasteiger partial charge in [0, 0.05) is 26.8 Å². The number of anilines is 1. The SMILES string of the molecule is CC(C(=O)O)c1ccc(NC(=O)CCc2cc(Br)cs2)cc1. The number of rotatable bonds is 6. The predicted molar refractivity (Wildman–Crippen MR) is 91.5 cm³/mol. The van der Waals surface area contributed by atoms with E-state index in [1.54, 1.807) is 42.5 Å². The highest BCUT2D eigenvalue weighted by Crippen LogP contribution is 2.21. The Morgan fingerprint density at radius 1 is 1.32 bits per heavy atom. The minimum atomic E-state index is -0.862. The van der Waals surface area contributed by atoms with Crippen LogP contribution < -0.4 is 5.32 Å². The fraction of sp³-hybridized carbons (Fsp3) is 0.250. The van der Waals surface area contributed by atoms with Crippen LogP contribution >= 0.6 is 27.3 Å². The second-order valence-corrected chi connectivity index (χ2v) is 6.87. The van der Waals surface area contributed by atoms with Gasteiger partial charge in [-0.15, -0.1) is 11.3 Å². The molecule has 22 heavy (non-hydrogen) atoms. The molecule has 0 aliphatic carbocycles. The summed E-state index contributed by atoms with van der Waals surface area (Å²) in [5, 5.41) is 13.8. The number of carbonyl (C=O) groups is 2. The molecule has 0 bridgehead atoms. The Balaban J connectivity index is 1.87. The van der Waals surface area contributed by atoms with E-state index in [1.165, 1.54) is 0 Å². The molecule has 0 saturated carbocycles. The number of benzene rings is 1. The van der Waals surface area contributed by atoms with E-state index >= 15 is 0 Å². The molecular formula is C16H16BrNO3S. The summed E-state index contributed by atoms with van der Waals surface area (Å²) >= 11 is 5.01. The van der Waals surface area contributed by atoms with Crippen molar-refractivity contribution in [3.05, 3.63) is 50.6 Å². The summed E-state index contributed by atoms with van der Waals surface area (Å²) in [5.41, 5.74) is 1.40. The molecule has 0 aliphatic rings. The van der Waals surface area contributed by atoms with Gasteiger partial charge < -0.3 is 10.4 Å². The van der Waals surface area contributed by atoms with Gasteiger partial charge in [-0.1, -0.05) is 12.1 Å². The maximum Gasteiger partial charge on any atom is 0.310 e. The second-order valence-electron chi connectivity index (χ2n) is 4.96. The van der Waals surface area contributed by atoms with Crippen LogP contribution in [0.2, 0.25) is 0 Å². The Bertz CT molecular complexity index is 666. The second kappa shape index (κ2) is 7.56. The average Bonchev–Trinajstić information content (AvgIpc) is 2.91. The zero-order valence-electron chi connectivity index (χ0n) is 12.0. The maximum atomic E-state index is 11.9. The van der Waals surface area contributed by atoms with Gasteiger partial charge in [0.15, 0.2) is 0 Å². The zero-order valence-corrected chi connectivity index (χ0v) is 14.4. The van der Waals surface area contributed by atoms with Crippen LogP contribution in [0.4, 0.5) is 5.69 Å². The number of carboxylic acids is 1. The molecule has 6 heteroatoms. The molecule has 2 aromatic rings. The highest BCUT2D eigenvalue weighted by molar-refractivity contribution is 9.10. The third-order valence-corrected chi connectivity index (χ3v) is 5.04. The Hall–Kier alpha value is -1.66. The van der Waals surface area contributed by atoms with Crippen LogP contribution in [0.3, 0.4) is 0 Å². The molecule has 1 atom stereocenters. The summed E-state index contributed by atoms with van der Waals surface area (Å²) in [6.45, 7) is 1.63. The van der Waals surface area contributed by atoms with Crippen LogP contribution in [-0.2, 0) is 16.0 Å². The molecule has 0 radical (unpaired) electrons. The minimum absolute atomic E-state index is 0.0523. The first kappa shape index (κ1) is 16.7. The fourth-order valence-corrected chi connectivity index (χ4v) is 3.40. The predicted octanol–water partition coefficient (Wildman–Crippen LogP) is 4.27. The summed E-state index contributed by atoms with van der Waals surface area (Å²) in [6.07, 6.45) is 1.12. The minimum Gasteiger partial charge on any atom is -0.481 e. The first-order chi connectivity index (χ1) is 10.5. The van der Waals surface area contributed by atoms with Gasteiger partial charge in [-0.25, -0.2) is 0 Å². The van der Waals surface area contributed by atoms with Crippen molar-refractivity contribution in [1.29, 1.82) is 0 Å². The molecule has 4 nitrogen and oxygen atoms in total. The first-order valence-electron chi connectivity index (χ1n) is 6.81. The van der Waals surface area contributed by atoms with E-state index in [-0.39, 0.29) is 5.91 Å². The van der Waals surface area contributed by atoms with Gasteiger partial charge in [0.1, 0.15) is 0 Å². The molecule has 0 aliphatic heterocycles. The first-order valence-corrected chi connectivity index (χ1v) is 8.48. The van der Waals surface area contributed by atoms with Crippen molar-refractivity contribution in [3.63, 3.8) is 0 Å². The standard InChI is InChI=1S/C16H16BrNO3S/c1-10(16(20)21)11-2-4-13(5-3-11)18-15(19)7-6-14-8-12(17)9-22-14/h2-5,8-10H,6-7H2,1H3,(H,18,19)(H,20,21). The van der Waals surface area contributed by atoms with Crippen LogP contribution in [-0.4, -0.2) is 17.0 Å². The Kier molecular flexibility index (Phi) is 5.74. The molecule has 0 saturated heterocycles. The summed E-state index contributed by atoms with van der Waals surface area (Å²) in [6, 6.07) is 8.93. The smallest absolute Gasteiger partial charge is 0.310 e. The van der Waals surface area contributed by atoms with Gasteiger partial charge in [-0.3, -0.25) is 9.59 Å². The zero-order chi connectivity index (χ0) is 16.1. The Labute approximate surface area is 141 Å². The van der Waals surface area contributed by atoms with E-state index in [2.05, 4.69) is 21.2 Å². The number of hydrogen-bond acceptors (Lipinski definition) is 3. The van der Waals surface area contributed by atoms with E-state index in [9.17, 15) is 9.59 Å². The van der Waals surface area contributed by atoms with Crippen molar-refractivity contribution < 1.29 is 14.7 Å². The van der Waals surface area contributed by atoms with Gasteiger partial charge >= 0.3 is 5.97 Å². The van der Waals surface area contributed by atoms with Gasteiger partial charge in [-0.05, 0) is 53.0 Å². The summed E-state index contributed by atoms with van der Waals surface area (Å²) in [7, 11) is 0. The van der Waals surface area contributed by atoms with Crippen molar-refractivity contribution in [2.75, 3.05) is 5.32 Å². The molecule has 2 rings (SSSR count). The number of aliphatic carboxylic acids is 1. The highest BCUT2D eigenvalue weighted by atomic mass is 79.9. The summed E-state index contributed by atoms with van der Waals surface area (Å²) < 4.78 is 1.04. The van der Waals surface area contributed by atoms with Crippen LogP contribution in [0.5, 0.6) is 0 Å². The number of carboxylic acid groups (broad SMARTS) is 1. The number of nitrogens with one attached hydrogen (secondary N) is 1. The molecule has 1 aromatic carbocycles. The van der Waals surface area contributed by atoms with Crippen LogP contribution in [0.1, 0.15) is 29.7 Å². The van der Waals surface area contributed by atoms with E-state index < -0.39 is 11.9 Å². The van der Waals surface area contributed by atoms with Gasteiger partial charge in [0.25, 0.3) is 0 Å². The number of carbonyl (C=O) groups excluding carboxylic acids is 1. The molecule has 116 valence electrons. The van der Waals surface area contributed by atoms with Crippen molar-refractivity contribution in [3.8, 4) is 0 Å². The van der Waals surface area contributed by atoms with Crippen molar-refractivity contribution in [1.82, 2.24) is 0 Å². The lowest BCUT2D eigenvalue weighted by Gasteiger charge is -2.09. The van der Waals surface area contributed by atoms with E-state index in [4.69, 9.17) is 5.11 Å². The van der Waals surface area contributed by atoms with Crippen molar-refractivity contribution in [2.45, 2.75) is 25.7 Å². The number of halogens is 1. The number of aryl methyl sites for hydroxylation is 1. The van der Waals surface area contributed by atoms with Gasteiger partial charge in [0.2, 0.25) is 5.91 Å². The van der Waals surface area contributed by atoms with Crippen LogP contribution in [0.25, 0.3) is 0 Å².